The minimum Gasteiger partial charge on any atom is -0.239 e. The molecule has 1 aliphatic heterocycles. The smallest absolute Gasteiger partial charge is 0.239 e. The molecule has 0 radical (unpaired) electrons. The number of rotatable bonds is 3. The molecule has 0 spiro atoms. The third-order valence-electron chi connectivity index (χ3n) is 4.08. The molecule has 1 saturated heterocycles. The van der Waals surface area contributed by atoms with Crippen molar-refractivity contribution in [2.24, 2.45) is 0 Å². The molecule has 7 heteroatoms. The van der Waals surface area contributed by atoms with E-state index in [1.807, 2.05) is 37.3 Å². The van der Waals surface area contributed by atoms with Gasteiger partial charge in [0.2, 0.25) is 0 Å². The van der Waals surface area contributed by atoms with E-state index in [1.54, 1.807) is 21.7 Å². The van der Waals surface area contributed by atoms with Crippen molar-refractivity contribution in [2.45, 2.75) is 30.0 Å². The Bertz CT molecular complexity index is 926. The van der Waals surface area contributed by atoms with Crippen molar-refractivity contribution in [2.75, 3.05) is 6.54 Å². The zero-order chi connectivity index (χ0) is 16.0. The lowest BCUT2D eigenvalue weighted by molar-refractivity contribution is 0.397. The number of thiophene rings is 1. The van der Waals surface area contributed by atoms with E-state index in [9.17, 15) is 8.42 Å². The summed E-state index contributed by atoms with van der Waals surface area (Å²) in [5.74, 6) is 0. The largest absolute Gasteiger partial charge is 0.253 e. The molecule has 3 aromatic rings. The second-order valence-corrected chi connectivity index (χ2v) is 10.1. The Labute approximate surface area is 143 Å². The highest BCUT2D eigenvalue weighted by atomic mass is 32.2. The van der Waals surface area contributed by atoms with Gasteiger partial charge in [0.1, 0.15) is 9.22 Å². The lowest BCUT2D eigenvalue weighted by Gasteiger charge is -2.21. The van der Waals surface area contributed by atoms with Gasteiger partial charge in [-0.1, -0.05) is 12.1 Å². The van der Waals surface area contributed by atoms with Crippen LogP contribution in [0, 0.1) is 6.92 Å². The highest BCUT2D eigenvalue weighted by Gasteiger charge is 2.38. The summed E-state index contributed by atoms with van der Waals surface area (Å²) < 4.78 is 29.1. The van der Waals surface area contributed by atoms with E-state index in [1.165, 1.54) is 11.3 Å². The molecule has 0 saturated carbocycles. The predicted octanol–water partition coefficient (Wildman–Crippen LogP) is 4.19. The summed E-state index contributed by atoms with van der Waals surface area (Å²) in [6.07, 6.45) is 1.72. The molecule has 120 valence electrons. The number of hydrogen-bond acceptors (Lipinski definition) is 5. The van der Waals surface area contributed by atoms with Crippen molar-refractivity contribution in [3.63, 3.8) is 0 Å². The zero-order valence-corrected chi connectivity index (χ0v) is 15.0. The Morgan fingerprint density at radius 2 is 2.00 bits per heavy atom. The summed E-state index contributed by atoms with van der Waals surface area (Å²) in [5, 5.41) is 0.903. The summed E-state index contributed by atoms with van der Waals surface area (Å²) in [6, 6.07) is 11.4. The monoisotopic (exact) mass is 364 g/mol. The molecular formula is C16H16N2O2S3. The van der Waals surface area contributed by atoms with Crippen LogP contribution in [0.2, 0.25) is 0 Å². The molecule has 4 rings (SSSR count). The normalized spacial score (nSPS) is 19.6. The number of hydrogen-bond donors (Lipinski definition) is 0. The van der Waals surface area contributed by atoms with Crippen molar-refractivity contribution < 1.29 is 8.42 Å². The van der Waals surface area contributed by atoms with Crippen molar-refractivity contribution in [3.8, 4) is 0 Å². The first-order chi connectivity index (χ1) is 11.1. The maximum atomic E-state index is 13.0. The average molecular weight is 365 g/mol. The number of para-hydroxylation sites is 1. The van der Waals surface area contributed by atoms with Gasteiger partial charge >= 0.3 is 0 Å². The van der Waals surface area contributed by atoms with E-state index in [2.05, 4.69) is 4.98 Å². The van der Waals surface area contributed by atoms with Crippen LogP contribution in [0.15, 0.2) is 40.6 Å². The van der Waals surface area contributed by atoms with Crippen LogP contribution in [-0.2, 0) is 10.0 Å². The number of aryl methyl sites for hydroxylation is 1. The Balaban J connectivity index is 1.74. The van der Waals surface area contributed by atoms with E-state index in [4.69, 9.17) is 0 Å². The fourth-order valence-electron chi connectivity index (χ4n) is 2.97. The molecule has 0 bridgehead atoms. The van der Waals surface area contributed by atoms with Crippen molar-refractivity contribution in [1.29, 1.82) is 0 Å². The van der Waals surface area contributed by atoms with Crippen LogP contribution < -0.4 is 0 Å². The molecule has 1 aliphatic rings. The van der Waals surface area contributed by atoms with Crippen LogP contribution in [0.1, 0.15) is 28.8 Å². The zero-order valence-electron chi connectivity index (χ0n) is 12.6. The first-order valence-corrected chi connectivity index (χ1v) is 10.6. The average Bonchev–Trinajstić information content (AvgIpc) is 3.25. The Morgan fingerprint density at radius 3 is 2.74 bits per heavy atom. The third-order valence-corrected chi connectivity index (χ3v) is 8.59. The van der Waals surface area contributed by atoms with Gasteiger partial charge in [-0.05, 0) is 44.0 Å². The van der Waals surface area contributed by atoms with Gasteiger partial charge in [0.15, 0.2) is 0 Å². The van der Waals surface area contributed by atoms with E-state index >= 15 is 0 Å². The fraction of sp³-hybridized carbons (Fsp3) is 0.312. The highest BCUT2D eigenvalue weighted by Crippen LogP contribution is 2.40. The molecule has 23 heavy (non-hydrogen) atoms. The third kappa shape index (κ3) is 2.61. The highest BCUT2D eigenvalue weighted by molar-refractivity contribution is 7.91. The van der Waals surface area contributed by atoms with Gasteiger partial charge in [0.25, 0.3) is 10.0 Å². The quantitative estimate of drug-likeness (QED) is 0.700. The van der Waals surface area contributed by atoms with E-state index in [0.717, 1.165) is 32.9 Å². The van der Waals surface area contributed by atoms with Crippen molar-refractivity contribution >= 4 is 42.9 Å². The summed E-state index contributed by atoms with van der Waals surface area (Å²) in [7, 11) is -3.43. The summed E-state index contributed by atoms with van der Waals surface area (Å²) in [6.45, 7) is 2.50. The minimum absolute atomic E-state index is 0.139. The molecule has 0 amide bonds. The molecule has 2 aromatic heterocycles. The number of aromatic nitrogens is 1. The molecular weight excluding hydrogens is 348 g/mol. The molecule has 0 N–H and O–H groups in total. The molecule has 1 atom stereocenters. The standard InChI is InChI=1S/C16H16N2O2S3/c1-11-8-9-15(21-11)23(19,20)18-10-4-6-13(18)16-17-12-5-2-3-7-14(12)22-16/h2-3,5,7-9,13H,4,6,10H2,1H3. The van der Waals surface area contributed by atoms with E-state index in [-0.39, 0.29) is 6.04 Å². The van der Waals surface area contributed by atoms with Crippen LogP contribution in [-0.4, -0.2) is 24.3 Å². The fourth-order valence-corrected chi connectivity index (χ4v) is 7.23. The van der Waals surface area contributed by atoms with Gasteiger partial charge in [0, 0.05) is 11.4 Å². The van der Waals surface area contributed by atoms with Crippen LogP contribution in [0.25, 0.3) is 10.2 Å². The summed E-state index contributed by atoms with van der Waals surface area (Å²) >= 11 is 2.94. The van der Waals surface area contributed by atoms with Gasteiger partial charge in [-0.3, -0.25) is 0 Å². The van der Waals surface area contributed by atoms with E-state index < -0.39 is 10.0 Å². The first-order valence-electron chi connectivity index (χ1n) is 7.49. The number of sulfonamides is 1. The van der Waals surface area contributed by atoms with Crippen LogP contribution in [0.3, 0.4) is 0 Å². The molecule has 3 heterocycles. The van der Waals surface area contributed by atoms with Gasteiger partial charge < -0.3 is 0 Å². The molecule has 1 aromatic carbocycles. The Kier molecular flexibility index (Phi) is 3.76. The van der Waals surface area contributed by atoms with Crippen LogP contribution >= 0.6 is 22.7 Å². The van der Waals surface area contributed by atoms with Gasteiger partial charge in [0.05, 0.1) is 16.3 Å². The number of fused-ring (bicyclic) bond motifs is 1. The lowest BCUT2D eigenvalue weighted by Crippen LogP contribution is -2.30. The van der Waals surface area contributed by atoms with Gasteiger partial charge in [-0.25, -0.2) is 13.4 Å². The van der Waals surface area contributed by atoms with Crippen LogP contribution in [0.5, 0.6) is 0 Å². The summed E-state index contributed by atoms with van der Waals surface area (Å²) in [4.78, 5) is 5.69. The Morgan fingerprint density at radius 1 is 1.17 bits per heavy atom. The maximum Gasteiger partial charge on any atom is 0.253 e. The van der Waals surface area contributed by atoms with Gasteiger partial charge in [-0.2, -0.15) is 4.31 Å². The van der Waals surface area contributed by atoms with Crippen LogP contribution in [0.4, 0.5) is 0 Å². The first kappa shape index (κ1) is 15.3. The molecule has 1 fully saturated rings. The molecule has 1 unspecified atom stereocenters. The molecule has 4 nitrogen and oxygen atoms in total. The SMILES string of the molecule is Cc1ccc(S(=O)(=O)N2CCCC2c2nc3ccccc3s2)s1. The second-order valence-electron chi connectivity index (χ2n) is 5.66. The number of thiazole rings is 1. The van der Waals surface area contributed by atoms with Crippen molar-refractivity contribution in [1.82, 2.24) is 9.29 Å². The molecule has 0 aliphatic carbocycles. The predicted molar refractivity (Wildman–Crippen MR) is 94.5 cm³/mol. The lowest BCUT2D eigenvalue weighted by atomic mass is 10.2. The Hall–Kier alpha value is -1.28. The maximum absolute atomic E-state index is 13.0. The number of benzene rings is 1. The summed E-state index contributed by atoms with van der Waals surface area (Å²) in [5.41, 5.74) is 0.948. The van der Waals surface area contributed by atoms with E-state index in [0.29, 0.717) is 10.8 Å². The topological polar surface area (TPSA) is 50.3 Å². The van der Waals surface area contributed by atoms with Gasteiger partial charge in [-0.15, -0.1) is 22.7 Å². The second kappa shape index (κ2) is 5.66. The van der Waals surface area contributed by atoms with Crippen molar-refractivity contribution in [3.05, 3.63) is 46.3 Å². The minimum atomic E-state index is -3.43. The number of nitrogens with zero attached hydrogens (tertiary/aromatic N) is 2.